The summed E-state index contributed by atoms with van der Waals surface area (Å²) in [6, 6.07) is 6.16. The Kier molecular flexibility index (Phi) is 6.72. The van der Waals surface area contributed by atoms with E-state index < -0.39 is 41.6 Å². The van der Waals surface area contributed by atoms with E-state index >= 15 is 0 Å². The van der Waals surface area contributed by atoms with Crippen molar-refractivity contribution in [2.75, 3.05) is 26.2 Å². The summed E-state index contributed by atoms with van der Waals surface area (Å²) in [5.74, 6) is -0.524. The molecule has 5 nitrogen and oxygen atoms in total. The van der Waals surface area contributed by atoms with Crippen LogP contribution in [0, 0.1) is 5.92 Å². The van der Waals surface area contributed by atoms with E-state index in [1.54, 1.807) is 6.07 Å². The molecule has 0 spiro atoms. The molecule has 0 aromatic heterocycles. The lowest BCUT2D eigenvalue weighted by Gasteiger charge is -2.23. The maximum absolute atomic E-state index is 13.3. The van der Waals surface area contributed by atoms with Gasteiger partial charge in [-0.2, -0.15) is 26.3 Å². The van der Waals surface area contributed by atoms with Crippen LogP contribution >= 0.6 is 0 Å². The summed E-state index contributed by atoms with van der Waals surface area (Å²) in [5.41, 5.74) is -1.52. The van der Waals surface area contributed by atoms with E-state index in [0.29, 0.717) is 37.9 Å². The number of hydrogen-bond donors (Lipinski definition) is 1. The molecule has 1 fully saturated rings. The van der Waals surface area contributed by atoms with Crippen LogP contribution in [0.4, 0.5) is 26.3 Å². The molecule has 2 aromatic carbocycles. The Bertz CT molecular complexity index is 1140. The van der Waals surface area contributed by atoms with Crippen LogP contribution in [-0.4, -0.2) is 42.2 Å². The molecule has 1 atom stereocenters. The van der Waals surface area contributed by atoms with Crippen molar-refractivity contribution in [1.82, 2.24) is 4.90 Å². The summed E-state index contributed by atoms with van der Waals surface area (Å²) >= 11 is 0. The van der Waals surface area contributed by atoms with Gasteiger partial charge in [0.2, 0.25) is 0 Å². The molecule has 2 heterocycles. The molecular weight excluding hydrogens is 480 g/mol. The molecule has 0 saturated carbocycles. The normalized spacial score (nSPS) is 18.6. The smallest absolute Gasteiger partial charge is 0.416 e. The topological polar surface area (TPSA) is 59.0 Å². The minimum absolute atomic E-state index is 0.0834. The first-order chi connectivity index (χ1) is 16.4. The van der Waals surface area contributed by atoms with Gasteiger partial charge >= 0.3 is 18.3 Å². The standard InChI is InChI=1S/C24H21F6NO4/c25-23(26,27)18-3-1-17(20(8-18)24(28,29)30)13-34-19-4-2-15-7-14(12-35-21(15)9-19)10-31-6-5-16(11-31)22(32)33/h1-4,7-9,16H,5-6,10-13H2,(H,32,33). The Labute approximate surface area is 196 Å². The van der Waals surface area contributed by atoms with Crippen molar-refractivity contribution in [2.24, 2.45) is 5.92 Å². The fourth-order valence-electron chi connectivity index (χ4n) is 4.14. The van der Waals surface area contributed by atoms with E-state index in [9.17, 15) is 31.1 Å². The highest BCUT2D eigenvalue weighted by atomic mass is 19.4. The highest BCUT2D eigenvalue weighted by molar-refractivity contribution is 5.70. The van der Waals surface area contributed by atoms with Gasteiger partial charge in [0.15, 0.2) is 0 Å². The van der Waals surface area contributed by atoms with Gasteiger partial charge in [0.05, 0.1) is 17.0 Å². The van der Waals surface area contributed by atoms with Crippen LogP contribution in [0.15, 0.2) is 42.0 Å². The molecular formula is C24H21F6NO4. The number of ether oxygens (including phenoxy) is 2. The monoisotopic (exact) mass is 501 g/mol. The Morgan fingerprint density at radius 1 is 1.09 bits per heavy atom. The third-order valence-corrected chi connectivity index (χ3v) is 5.94. The molecule has 2 aromatic rings. The molecule has 0 aliphatic carbocycles. The molecule has 2 aliphatic heterocycles. The van der Waals surface area contributed by atoms with Crippen molar-refractivity contribution in [3.05, 3.63) is 64.2 Å². The summed E-state index contributed by atoms with van der Waals surface area (Å²) < 4.78 is 89.7. The number of rotatable bonds is 6. The minimum Gasteiger partial charge on any atom is -0.489 e. The van der Waals surface area contributed by atoms with Crippen LogP contribution in [0.1, 0.15) is 28.7 Å². The quantitative estimate of drug-likeness (QED) is 0.531. The third-order valence-electron chi connectivity index (χ3n) is 5.94. The second-order valence-corrected chi connectivity index (χ2v) is 8.51. The Balaban J connectivity index is 1.44. The van der Waals surface area contributed by atoms with Crippen molar-refractivity contribution in [1.29, 1.82) is 0 Å². The molecule has 4 rings (SSSR count). The van der Waals surface area contributed by atoms with E-state index in [1.807, 2.05) is 11.0 Å². The van der Waals surface area contributed by atoms with Gasteiger partial charge in [0.1, 0.15) is 24.7 Å². The number of likely N-dealkylation sites (tertiary alicyclic amines) is 1. The number of fused-ring (bicyclic) bond motifs is 1. The lowest BCUT2D eigenvalue weighted by molar-refractivity contribution is -0.144. The van der Waals surface area contributed by atoms with Crippen LogP contribution in [0.25, 0.3) is 6.08 Å². The predicted octanol–water partition coefficient (Wildman–Crippen LogP) is 5.49. The first-order valence-corrected chi connectivity index (χ1v) is 10.7. The Morgan fingerprint density at radius 2 is 1.86 bits per heavy atom. The van der Waals surface area contributed by atoms with Gasteiger partial charge in [-0.1, -0.05) is 6.07 Å². The number of nitrogens with zero attached hydrogens (tertiary/aromatic N) is 1. The number of carboxylic acid groups (broad SMARTS) is 1. The molecule has 1 unspecified atom stereocenters. The third kappa shape index (κ3) is 5.90. The number of alkyl halides is 6. The van der Waals surface area contributed by atoms with Gasteiger partial charge in [0.25, 0.3) is 0 Å². The Hall–Kier alpha value is -3.21. The molecule has 2 aliphatic rings. The first-order valence-electron chi connectivity index (χ1n) is 10.7. The summed E-state index contributed by atoms with van der Waals surface area (Å²) in [4.78, 5) is 13.2. The van der Waals surface area contributed by atoms with Crippen molar-refractivity contribution in [3.8, 4) is 11.5 Å². The van der Waals surface area contributed by atoms with Gasteiger partial charge in [-0.25, -0.2) is 0 Å². The second kappa shape index (κ2) is 9.44. The largest absolute Gasteiger partial charge is 0.489 e. The highest BCUT2D eigenvalue weighted by Gasteiger charge is 2.38. The second-order valence-electron chi connectivity index (χ2n) is 8.51. The van der Waals surface area contributed by atoms with Gasteiger partial charge < -0.3 is 14.6 Å². The fraction of sp³-hybridized carbons (Fsp3) is 0.375. The summed E-state index contributed by atoms with van der Waals surface area (Å²) in [7, 11) is 0. The molecule has 0 bridgehead atoms. The molecule has 0 radical (unpaired) electrons. The fourth-order valence-corrected chi connectivity index (χ4v) is 4.14. The number of carboxylic acids is 1. The summed E-state index contributed by atoms with van der Waals surface area (Å²) in [6.07, 6.45) is -7.36. The SMILES string of the molecule is O=C(O)C1CCN(CC2=Cc3ccc(OCc4ccc(C(F)(F)F)cc4C(F)(F)F)cc3OC2)C1. The molecule has 188 valence electrons. The van der Waals surface area contributed by atoms with Crippen LogP contribution in [0.5, 0.6) is 11.5 Å². The maximum Gasteiger partial charge on any atom is 0.416 e. The predicted molar refractivity (Wildman–Crippen MR) is 113 cm³/mol. The first kappa shape index (κ1) is 24.9. The van der Waals surface area contributed by atoms with Crippen LogP contribution in [-0.2, 0) is 23.8 Å². The lowest BCUT2D eigenvalue weighted by atomic mass is 10.0. The van der Waals surface area contributed by atoms with Crippen LogP contribution < -0.4 is 9.47 Å². The van der Waals surface area contributed by atoms with Gasteiger partial charge in [0, 0.05) is 30.3 Å². The molecule has 35 heavy (non-hydrogen) atoms. The van der Waals surface area contributed by atoms with Crippen LogP contribution in [0.3, 0.4) is 0 Å². The van der Waals surface area contributed by atoms with Crippen molar-refractivity contribution >= 4 is 12.0 Å². The van der Waals surface area contributed by atoms with Crippen LogP contribution in [0.2, 0.25) is 0 Å². The zero-order valence-corrected chi connectivity index (χ0v) is 18.2. The average Bonchev–Trinajstić information content (AvgIpc) is 3.25. The van der Waals surface area contributed by atoms with E-state index in [1.165, 1.54) is 12.1 Å². The van der Waals surface area contributed by atoms with Crippen molar-refractivity contribution in [2.45, 2.75) is 25.4 Å². The number of hydrogen-bond acceptors (Lipinski definition) is 4. The van der Waals surface area contributed by atoms with E-state index in [0.717, 1.165) is 17.2 Å². The zero-order chi connectivity index (χ0) is 25.4. The maximum atomic E-state index is 13.3. The van der Waals surface area contributed by atoms with E-state index in [2.05, 4.69) is 0 Å². The van der Waals surface area contributed by atoms with Gasteiger partial charge in [-0.15, -0.1) is 0 Å². The number of carbonyl (C=O) groups is 1. The molecule has 1 N–H and O–H groups in total. The summed E-state index contributed by atoms with van der Waals surface area (Å²) in [5, 5.41) is 9.13. The lowest BCUT2D eigenvalue weighted by Crippen LogP contribution is -2.27. The highest BCUT2D eigenvalue weighted by Crippen LogP contribution is 2.38. The zero-order valence-electron chi connectivity index (χ0n) is 18.2. The number of benzene rings is 2. The summed E-state index contributed by atoms with van der Waals surface area (Å²) in [6.45, 7) is 1.40. The van der Waals surface area contributed by atoms with E-state index in [4.69, 9.17) is 14.6 Å². The van der Waals surface area contributed by atoms with Crippen molar-refractivity contribution < 1.29 is 45.7 Å². The van der Waals surface area contributed by atoms with Gasteiger partial charge in [-0.05, 0) is 48.9 Å². The average molecular weight is 501 g/mol. The number of aliphatic carboxylic acids is 1. The number of halogens is 6. The van der Waals surface area contributed by atoms with Gasteiger partial charge in [-0.3, -0.25) is 9.69 Å². The van der Waals surface area contributed by atoms with Crippen molar-refractivity contribution in [3.63, 3.8) is 0 Å². The molecule has 11 heteroatoms. The minimum atomic E-state index is -4.97. The Morgan fingerprint density at radius 3 is 2.51 bits per heavy atom. The molecule has 0 amide bonds. The van der Waals surface area contributed by atoms with E-state index in [-0.39, 0.29) is 24.3 Å². The molecule has 1 saturated heterocycles.